The van der Waals surface area contributed by atoms with Crippen molar-refractivity contribution >= 4 is 17.4 Å². The average molecular weight is 567 g/mol. The molecule has 9 heteroatoms. The quantitative estimate of drug-likeness (QED) is 0.154. The Hall–Kier alpha value is -3.49. The smallest absolute Gasteiger partial charge is 0.232 e. The molecule has 41 heavy (non-hydrogen) atoms. The Labute approximate surface area is 237 Å². The predicted octanol–water partition coefficient (Wildman–Crippen LogP) is 6.83. The summed E-state index contributed by atoms with van der Waals surface area (Å²) in [6.45, 7) is 1.83. The summed E-state index contributed by atoms with van der Waals surface area (Å²) in [6.07, 6.45) is 7.48. The summed E-state index contributed by atoms with van der Waals surface area (Å²) in [5.74, 6) is -6.92. The molecule has 0 bridgehead atoms. The lowest BCUT2D eigenvalue weighted by Gasteiger charge is -2.27. The second-order valence-corrected chi connectivity index (χ2v) is 12.0. The lowest BCUT2D eigenvalue weighted by atomic mass is 9.85. The average Bonchev–Trinajstić information content (AvgIpc) is 3.69. The van der Waals surface area contributed by atoms with Crippen molar-refractivity contribution in [3.8, 4) is 11.3 Å². The SMILES string of the molecule is CC1CC1c1c(F)c(F)c(F)c(F)c1CC(=O)N(C)c1nc2c(nc1CC1CCCCC1)-c1ccc(N)cc1CC2. The van der Waals surface area contributed by atoms with E-state index in [9.17, 15) is 18.0 Å². The van der Waals surface area contributed by atoms with E-state index in [0.29, 0.717) is 42.4 Å². The van der Waals surface area contributed by atoms with Gasteiger partial charge in [-0.2, -0.15) is 0 Å². The first-order chi connectivity index (χ1) is 19.6. The number of carbonyl (C=O) groups excluding carboxylic acids is 1. The Balaban J connectivity index is 1.38. The van der Waals surface area contributed by atoms with E-state index in [1.807, 2.05) is 25.1 Å². The molecule has 5 nitrogen and oxygen atoms in total. The number of amides is 1. The summed E-state index contributed by atoms with van der Waals surface area (Å²) >= 11 is 0. The van der Waals surface area contributed by atoms with Gasteiger partial charge in [0.1, 0.15) is 0 Å². The summed E-state index contributed by atoms with van der Waals surface area (Å²) < 4.78 is 58.4. The third kappa shape index (κ3) is 5.08. The number of anilines is 2. The largest absolute Gasteiger partial charge is 0.399 e. The third-order valence-electron chi connectivity index (χ3n) is 9.15. The van der Waals surface area contributed by atoms with Crippen LogP contribution in [0.15, 0.2) is 18.2 Å². The van der Waals surface area contributed by atoms with Gasteiger partial charge in [0.2, 0.25) is 5.91 Å². The van der Waals surface area contributed by atoms with Gasteiger partial charge in [-0.25, -0.2) is 27.5 Å². The van der Waals surface area contributed by atoms with E-state index in [-0.39, 0.29) is 11.5 Å². The lowest BCUT2D eigenvalue weighted by Crippen LogP contribution is -2.32. The Bertz CT molecular complexity index is 1540. The predicted molar refractivity (Wildman–Crippen MR) is 149 cm³/mol. The summed E-state index contributed by atoms with van der Waals surface area (Å²) in [6, 6.07) is 5.75. The van der Waals surface area contributed by atoms with E-state index < -0.39 is 47.1 Å². The Morgan fingerprint density at radius 3 is 2.41 bits per heavy atom. The maximum atomic E-state index is 15.0. The Morgan fingerprint density at radius 1 is 1.00 bits per heavy atom. The number of rotatable bonds is 6. The van der Waals surface area contributed by atoms with Crippen molar-refractivity contribution in [1.29, 1.82) is 0 Å². The van der Waals surface area contributed by atoms with Crippen LogP contribution in [0.25, 0.3) is 11.3 Å². The lowest BCUT2D eigenvalue weighted by molar-refractivity contribution is -0.117. The minimum absolute atomic E-state index is 0.00724. The van der Waals surface area contributed by atoms with Crippen molar-refractivity contribution < 1.29 is 22.4 Å². The van der Waals surface area contributed by atoms with Gasteiger partial charge in [0.25, 0.3) is 0 Å². The summed E-state index contributed by atoms with van der Waals surface area (Å²) in [7, 11) is 1.54. The van der Waals surface area contributed by atoms with Crippen LogP contribution in [0.4, 0.5) is 29.1 Å². The van der Waals surface area contributed by atoms with Crippen LogP contribution in [0, 0.1) is 35.1 Å². The van der Waals surface area contributed by atoms with Gasteiger partial charge in [0.05, 0.1) is 23.5 Å². The van der Waals surface area contributed by atoms with Crippen molar-refractivity contribution in [2.45, 2.75) is 77.0 Å². The van der Waals surface area contributed by atoms with Gasteiger partial charge in [-0.15, -0.1) is 0 Å². The Morgan fingerprint density at radius 2 is 1.71 bits per heavy atom. The third-order valence-corrected chi connectivity index (χ3v) is 9.15. The van der Waals surface area contributed by atoms with Gasteiger partial charge < -0.3 is 5.73 Å². The highest BCUT2D eigenvalue weighted by molar-refractivity contribution is 5.94. The highest BCUT2D eigenvalue weighted by atomic mass is 19.2. The van der Waals surface area contributed by atoms with E-state index in [1.165, 1.54) is 18.4 Å². The van der Waals surface area contributed by atoms with Crippen molar-refractivity contribution in [3.05, 3.63) is 69.5 Å². The molecule has 2 fully saturated rings. The van der Waals surface area contributed by atoms with Crippen molar-refractivity contribution in [3.63, 3.8) is 0 Å². The van der Waals surface area contributed by atoms with Crippen LogP contribution in [0.3, 0.4) is 0 Å². The number of fused-ring (bicyclic) bond motifs is 3. The van der Waals surface area contributed by atoms with E-state index in [4.69, 9.17) is 15.7 Å². The number of nitrogens with zero attached hydrogens (tertiary/aromatic N) is 3. The number of hydrogen-bond donors (Lipinski definition) is 1. The zero-order valence-electron chi connectivity index (χ0n) is 23.4. The number of likely N-dealkylation sites (N-methyl/N-ethyl adjacent to an activating group) is 1. The minimum Gasteiger partial charge on any atom is -0.399 e. The first-order valence-corrected chi connectivity index (χ1v) is 14.5. The second kappa shape index (κ2) is 10.7. The molecule has 2 N–H and O–H groups in total. The van der Waals surface area contributed by atoms with Crippen LogP contribution >= 0.6 is 0 Å². The van der Waals surface area contributed by atoms with Crippen molar-refractivity contribution in [1.82, 2.24) is 9.97 Å². The summed E-state index contributed by atoms with van der Waals surface area (Å²) in [4.78, 5) is 25.0. The minimum atomic E-state index is -1.89. The standard InChI is InChI=1S/C32H34F4N4O/c1-16-12-21(16)26-22(27(33)29(35)30(36)28(26)34)15-25(41)40(2)32-24(13-17-6-4-3-5-7-17)38-31-20-10-9-19(37)14-18(20)8-11-23(31)39-32/h9-10,14,16-17,21H,3-8,11-13,15,37H2,1-2H3. The molecule has 1 heterocycles. The van der Waals surface area contributed by atoms with Crippen LogP contribution in [-0.4, -0.2) is 22.9 Å². The molecule has 6 rings (SSSR count). The maximum Gasteiger partial charge on any atom is 0.232 e. The fourth-order valence-electron chi connectivity index (χ4n) is 6.63. The zero-order valence-corrected chi connectivity index (χ0v) is 23.4. The molecule has 0 saturated heterocycles. The highest BCUT2D eigenvalue weighted by Crippen LogP contribution is 2.50. The molecular weight excluding hydrogens is 532 g/mol. The number of carbonyl (C=O) groups is 1. The van der Waals surface area contributed by atoms with Crippen LogP contribution in [-0.2, 0) is 30.5 Å². The number of benzene rings is 2. The zero-order chi connectivity index (χ0) is 29.0. The molecule has 2 unspecified atom stereocenters. The van der Waals surface area contributed by atoms with Gasteiger partial charge in [-0.05, 0) is 61.1 Å². The summed E-state index contributed by atoms with van der Waals surface area (Å²) in [5, 5.41) is 0. The number of hydrogen-bond acceptors (Lipinski definition) is 4. The van der Waals surface area contributed by atoms with Gasteiger partial charge in [0.15, 0.2) is 29.1 Å². The van der Waals surface area contributed by atoms with Gasteiger partial charge in [-0.1, -0.05) is 45.1 Å². The molecule has 1 aromatic heterocycles. The van der Waals surface area contributed by atoms with Crippen LogP contribution < -0.4 is 10.6 Å². The fraction of sp³-hybridized carbons (Fsp3) is 0.469. The van der Waals surface area contributed by atoms with Crippen LogP contribution in [0.2, 0.25) is 0 Å². The van der Waals surface area contributed by atoms with E-state index in [2.05, 4.69) is 0 Å². The number of aromatic nitrogens is 2. The normalized spacial score (nSPS) is 20.0. The number of nitrogens with two attached hydrogens (primary N) is 1. The molecule has 3 aromatic rings. The molecule has 3 aliphatic carbocycles. The van der Waals surface area contributed by atoms with Crippen molar-refractivity contribution in [2.75, 3.05) is 17.7 Å². The monoisotopic (exact) mass is 566 g/mol. The fourth-order valence-corrected chi connectivity index (χ4v) is 6.63. The molecule has 2 saturated carbocycles. The van der Waals surface area contributed by atoms with Gasteiger partial charge in [-0.3, -0.25) is 9.69 Å². The number of nitrogen functional groups attached to an aromatic ring is 1. The molecule has 0 radical (unpaired) electrons. The van der Waals surface area contributed by atoms with Gasteiger partial charge in [0, 0.05) is 29.4 Å². The molecule has 3 aliphatic rings. The maximum absolute atomic E-state index is 15.0. The van der Waals surface area contributed by atoms with E-state index >= 15 is 4.39 Å². The molecule has 1 amide bonds. The molecule has 2 atom stereocenters. The first-order valence-electron chi connectivity index (χ1n) is 14.5. The second-order valence-electron chi connectivity index (χ2n) is 12.0. The van der Waals surface area contributed by atoms with E-state index in [1.54, 1.807) is 0 Å². The van der Waals surface area contributed by atoms with Crippen LogP contribution in [0.5, 0.6) is 0 Å². The van der Waals surface area contributed by atoms with Crippen LogP contribution in [0.1, 0.15) is 79.4 Å². The molecule has 2 aromatic carbocycles. The number of halogens is 4. The summed E-state index contributed by atoms with van der Waals surface area (Å²) in [5.41, 5.74) is 10.3. The highest BCUT2D eigenvalue weighted by Gasteiger charge is 2.41. The molecular formula is C32H34F4N4O. The molecule has 0 aliphatic heterocycles. The van der Waals surface area contributed by atoms with Crippen molar-refractivity contribution in [2.24, 2.45) is 11.8 Å². The first kappa shape index (κ1) is 27.7. The van der Waals surface area contributed by atoms with E-state index in [0.717, 1.165) is 54.6 Å². The Kier molecular flexibility index (Phi) is 7.24. The molecule has 216 valence electrons. The van der Waals surface area contributed by atoms with Gasteiger partial charge >= 0.3 is 0 Å². The molecule has 0 spiro atoms. The number of aryl methyl sites for hydroxylation is 2. The topological polar surface area (TPSA) is 72.1 Å².